The van der Waals surface area contributed by atoms with Crippen LogP contribution in [0.15, 0.2) is 41.5 Å². The summed E-state index contributed by atoms with van der Waals surface area (Å²) in [4.78, 5) is 4.78. The third-order valence-electron chi connectivity index (χ3n) is 5.19. The first-order chi connectivity index (χ1) is 14.1. The van der Waals surface area contributed by atoms with Crippen molar-refractivity contribution in [1.29, 1.82) is 0 Å². The summed E-state index contributed by atoms with van der Waals surface area (Å²) >= 11 is 0. The summed E-state index contributed by atoms with van der Waals surface area (Å²) in [6.07, 6.45) is 2.65. The zero-order valence-corrected chi connectivity index (χ0v) is 19.7. The first-order valence-corrected chi connectivity index (χ1v) is 9.70. The second kappa shape index (κ2) is 9.92. The number of aliphatic imine (C=N–C) groups is 1. The third-order valence-corrected chi connectivity index (χ3v) is 5.19. The van der Waals surface area contributed by atoms with Gasteiger partial charge in [0, 0.05) is 32.3 Å². The lowest BCUT2D eigenvalue weighted by molar-refractivity contribution is 0.261. The molecule has 1 atom stereocenters. The van der Waals surface area contributed by atoms with E-state index in [1.807, 2.05) is 54.5 Å². The van der Waals surface area contributed by atoms with Gasteiger partial charge in [-0.2, -0.15) is 5.10 Å². The van der Waals surface area contributed by atoms with Gasteiger partial charge in [-0.05, 0) is 19.1 Å². The Bertz CT molecular complexity index is 1010. The maximum absolute atomic E-state index is 5.78. The van der Waals surface area contributed by atoms with Gasteiger partial charge in [-0.15, -0.1) is 34.2 Å². The Morgan fingerprint density at radius 1 is 1.23 bits per heavy atom. The van der Waals surface area contributed by atoms with Crippen molar-refractivity contribution < 1.29 is 4.74 Å². The van der Waals surface area contributed by atoms with Crippen LogP contribution in [-0.4, -0.2) is 37.1 Å². The number of guanidine groups is 1. The topological polar surface area (TPSA) is 94.2 Å². The molecule has 2 N–H and O–H groups in total. The fourth-order valence-electron chi connectivity index (χ4n) is 3.29. The molecule has 0 aliphatic carbocycles. The van der Waals surface area contributed by atoms with E-state index < -0.39 is 0 Å². The molecule has 0 amide bonds. The fourth-order valence-corrected chi connectivity index (χ4v) is 3.29. The summed E-state index contributed by atoms with van der Waals surface area (Å²) in [5.41, 5.74) is 2.18. The van der Waals surface area contributed by atoms with Gasteiger partial charge < -0.3 is 19.9 Å². The Balaban J connectivity index is 0.00000256. The lowest BCUT2D eigenvalue weighted by atomic mass is 10.0. The van der Waals surface area contributed by atoms with Gasteiger partial charge in [0.1, 0.15) is 11.6 Å². The van der Waals surface area contributed by atoms with Crippen LogP contribution in [0.1, 0.15) is 35.4 Å². The average molecular weight is 522 g/mol. The average Bonchev–Trinajstić information content (AvgIpc) is 3.29. The van der Waals surface area contributed by atoms with E-state index in [1.165, 1.54) is 0 Å². The fraction of sp³-hybridized carbons (Fsp3) is 0.400. The molecule has 0 fully saturated rings. The van der Waals surface area contributed by atoms with Crippen LogP contribution in [0.4, 0.5) is 0 Å². The number of aryl methyl sites for hydroxylation is 2. The molecule has 1 aliphatic rings. The van der Waals surface area contributed by atoms with Crippen LogP contribution < -0.4 is 15.4 Å². The van der Waals surface area contributed by atoms with Gasteiger partial charge in [-0.3, -0.25) is 4.68 Å². The number of benzene rings is 1. The third kappa shape index (κ3) is 4.91. The standard InChI is InChI=1S/C20H26N8O.HI/c1-14-25-26-19(27(14)2)13-22-20(21-12-15-8-10-23-28(15)3)24-17-9-11-29-18-7-5-4-6-16(17)18;/h4-8,10,17H,9,11-13H2,1-3H3,(H2,21,22,24);1H. The van der Waals surface area contributed by atoms with Crippen LogP contribution in [0.25, 0.3) is 0 Å². The van der Waals surface area contributed by atoms with Crippen LogP contribution >= 0.6 is 24.0 Å². The highest BCUT2D eigenvalue weighted by Crippen LogP contribution is 2.31. The molecule has 1 aliphatic heterocycles. The van der Waals surface area contributed by atoms with E-state index in [1.54, 1.807) is 6.20 Å². The Labute approximate surface area is 193 Å². The molecule has 30 heavy (non-hydrogen) atoms. The van der Waals surface area contributed by atoms with E-state index >= 15 is 0 Å². The van der Waals surface area contributed by atoms with E-state index in [2.05, 4.69) is 32.0 Å². The predicted molar refractivity (Wildman–Crippen MR) is 125 cm³/mol. The monoisotopic (exact) mass is 522 g/mol. The van der Waals surface area contributed by atoms with Crippen molar-refractivity contribution in [2.24, 2.45) is 19.1 Å². The maximum atomic E-state index is 5.78. The van der Waals surface area contributed by atoms with E-state index in [-0.39, 0.29) is 30.0 Å². The van der Waals surface area contributed by atoms with Crippen LogP contribution in [0, 0.1) is 6.92 Å². The van der Waals surface area contributed by atoms with E-state index in [0.717, 1.165) is 35.1 Å². The van der Waals surface area contributed by atoms with Gasteiger partial charge in [0.05, 0.1) is 31.4 Å². The molecular weight excluding hydrogens is 495 g/mol. The van der Waals surface area contributed by atoms with Crippen molar-refractivity contribution in [3.63, 3.8) is 0 Å². The highest BCUT2D eigenvalue weighted by Gasteiger charge is 2.22. The normalized spacial score (nSPS) is 15.7. The number of halogens is 1. The van der Waals surface area contributed by atoms with E-state index in [9.17, 15) is 0 Å². The molecule has 1 unspecified atom stereocenters. The smallest absolute Gasteiger partial charge is 0.192 e. The maximum Gasteiger partial charge on any atom is 0.192 e. The van der Waals surface area contributed by atoms with Crippen molar-refractivity contribution in [2.75, 3.05) is 6.61 Å². The van der Waals surface area contributed by atoms with Crippen LogP contribution in [0.2, 0.25) is 0 Å². The molecular formula is C20H27IN8O. The second-order valence-corrected chi connectivity index (χ2v) is 7.06. The zero-order valence-electron chi connectivity index (χ0n) is 17.4. The molecule has 2 aromatic heterocycles. The minimum absolute atomic E-state index is 0. The Morgan fingerprint density at radius 2 is 2.07 bits per heavy atom. The quantitative estimate of drug-likeness (QED) is 0.303. The van der Waals surface area contributed by atoms with Crippen molar-refractivity contribution in [1.82, 2.24) is 35.2 Å². The number of aromatic nitrogens is 5. The van der Waals surface area contributed by atoms with Crippen LogP contribution in [0.3, 0.4) is 0 Å². The van der Waals surface area contributed by atoms with Gasteiger partial charge >= 0.3 is 0 Å². The molecule has 0 spiro atoms. The minimum atomic E-state index is 0. The number of fused-ring (bicyclic) bond motifs is 1. The molecule has 160 valence electrons. The Kier molecular flexibility index (Phi) is 7.29. The summed E-state index contributed by atoms with van der Waals surface area (Å²) in [6.45, 7) is 3.66. The highest BCUT2D eigenvalue weighted by atomic mass is 127. The molecule has 0 radical (unpaired) electrons. The number of rotatable bonds is 5. The minimum Gasteiger partial charge on any atom is -0.493 e. The van der Waals surface area contributed by atoms with Gasteiger partial charge in [-0.25, -0.2) is 4.99 Å². The summed E-state index contributed by atoms with van der Waals surface area (Å²) < 4.78 is 9.58. The van der Waals surface area contributed by atoms with Crippen molar-refractivity contribution >= 4 is 29.9 Å². The lowest BCUT2D eigenvalue weighted by Gasteiger charge is -2.28. The van der Waals surface area contributed by atoms with Gasteiger partial charge in [0.15, 0.2) is 11.8 Å². The SMILES string of the molecule is Cc1nnc(CNC(=NCc2ccnn2C)NC2CCOc3ccccc32)n1C.I. The number of hydrogen-bond donors (Lipinski definition) is 2. The largest absolute Gasteiger partial charge is 0.493 e. The number of nitrogens with zero attached hydrogens (tertiary/aromatic N) is 6. The van der Waals surface area contributed by atoms with Gasteiger partial charge in [0.25, 0.3) is 0 Å². The number of ether oxygens (including phenoxy) is 1. The second-order valence-electron chi connectivity index (χ2n) is 7.06. The van der Waals surface area contributed by atoms with Crippen LogP contribution in [-0.2, 0) is 27.2 Å². The van der Waals surface area contributed by atoms with Gasteiger partial charge in [-0.1, -0.05) is 18.2 Å². The van der Waals surface area contributed by atoms with Gasteiger partial charge in [0.2, 0.25) is 0 Å². The zero-order chi connectivity index (χ0) is 20.2. The first-order valence-electron chi connectivity index (χ1n) is 9.70. The number of hydrogen-bond acceptors (Lipinski definition) is 5. The van der Waals surface area contributed by atoms with E-state index in [4.69, 9.17) is 9.73 Å². The summed E-state index contributed by atoms with van der Waals surface area (Å²) in [6, 6.07) is 10.2. The molecule has 3 heterocycles. The summed E-state index contributed by atoms with van der Waals surface area (Å²) in [7, 11) is 3.88. The molecule has 0 bridgehead atoms. The predicted octanol–water partition coefficient (Wildman–Crippen LogP) is 2.23. The molecule has 1 aromatic carbocycles. The highest BCUT2D eigenvalue weighted by molar-refractivity contribution is 14.0. The number of nitrogens with one attached hydrogen (secondary N) is 2. The molecule has 9 nitrogen and oxygen atoms in total. The summed E-state index contributed by atoms with van der Waals surface area (Å²) in [5, 5.41) is 19.5. The Morgan fingerprint density at radius 3 is 2.80 bits per heavy atom. The first kappa shape index (κ1) is 22.1. The van der Waals surface area contributed by atoms with Crippen molar-refractivity contribution in [3.05, 3.63) is 59.4 Å². The molecule has 4 rings (SSSR count). The van der Waals surface area contributed by atoms with E-state index in [0.29, 0.717) is 25.7 Å². The Hall–Kier alpha value is -2.63. The molecule has 0 saturated heterocycles. The number of para-hydroxylation sites is 1. The molecule has 10 heteroatoms. The van der Waals surface area contributed by atoms with Crippen molar-refractivity contribution in [3.8, 4) is 5.75 Å². The lowest BCUT2D eigenvalue weighted by Crippen LogP contribution is -2.41. The van der Waals surface area contributed by atoms with Crippen molar-refractivity contribution in [2.45, 2.75) is 32.5 Å². The van der Waals surface area contributed by atoms with Crippen LogP contribution in [0.5, 0.6) is 5.75 Å². The molecule has 3 aromatic rings. The summed E-state index contributed by atoms with van der Waals surface area (Å²) in [5.74, 6) is 3.37. The molecule has 0 saturated carbocycles.